The molecule has 0 saturated heterocycles. The summed E-state index contributed by atoms with van der Waals surface area (Å²) in [6.07, 6.45) is 8.92. The highest BCUT2D eigenvalue weighted by Gasteiger charge is 2.50. The normalized spacial score (nSPS) is 12.8. The Morgan fingerprint density at radius 1 is 0.978 bits per heavy atom. The predicted octanol–water partition coefficient (Wildman–Crippen LogP) is 5.12. The summed E-state index contributed by atoms with van der Waals surface area (Å²) < 4.78 is 14.6. The van der Waals surface area contributed by atoms with E-state index in [2.05, 4.69) is 120 Å². The number of ether oxygens (including phenoxy) is 1. The van der Waals surface area contributed by atoms with E-state index in [0.717, 1.165) is 24.8 Å². The zero-order valence-electron chi connectivity index (χ0n) is 26.8. The van der Waals surface area contributed by atoms with E-state index >= 15 is 0 Å². The van der Waals surface area contributed by atoms with Crippen LogP contribution in [-0.4, -0.2) is 57.9 Å². The highest BCUT2D eigenvalue weighted by atomic mass is 28.4. The third-order valence-corrected chi connectivity index (χ3v) is 13.3. The lowest BCUT2D eigenvalue weighted by molar-refractivity contribution is 0.280. The minimum absolute atomic E-state index is 0.0891. The Kier molecular flexibility index (Phi) is 10.3. The molecule has 0 amide bonds. The molecule has 5 rings (SSSR count). The molecule has 0 unspecified atom stereocenters. The molecule has 3 heterocycles. The SMILES string of the molecule is CCC[C@@H](CCO[Si](c1ccccc1)(c1ccccc1)C(C)(C)C)Nc1n[c]nc2cnn(Cc3ncc(CO)cc3OC)c12. The van der Waals surface area contributed by atoms with Crippen LogP contribution in [0.25, 0.3) is 11.0 Å². The molecule has 2 N–H and O–H groups in total. The molecule has 0 spiro atoms. The number of aliphatic hydroxyl groups excluding tert-OH is 1. The first kappa shape index (κ1) is 32.3. The highest BCUT2D eigenvalue weighted by Crippen LogP contribution is 2.37. The minimum Gasteiger partial charge on any atom is -0.495 e. The zero-order chi connectivity index (χ0) is 31.9. The summed E-state index contributed by atoms with van der Waals surface area (Å²) in [5.41, 5.74) is 2.85. The van der Waals surface area contributed by atoms with Gasteiger partial charge in [0.05, 0.1) is 26.5 Å². The Bertz CT molecular complexity index is 1630. The van der Waals surface area contributed by atoms with Crippen molar-refractivity contribution in [2.75, 3.05) is 19.0 Å². The van der Waals surface area contributed by atoms with Gasteiger partial charge in [-0.25, -0.2) is 9.97 Å². The van der Waals surface area contributed by atoms with Gasteiger partial charge in [0.15, 0.2) is 5.82 Å². The fourth-order valence-corrected chi connectivity index (χ4v) is 10.7. The maximum absolute atomic E-state index is 9.52. The van der Waals surface area contributed by atoms with E-state index in [9.17, 15) is 5.11 Å². The van der Waals surface area contributed by atoms with Gasteiger partial charge in [0.2, 0.25) is 6.33 Å². The molecule has 0 bridgehead atoms. The van der Waals surface area contributed by atoms with Gasteiger partial charge in [-0.05, 0) is 39.9 Å². The molecule has 0 aliphatic carbocycles. The van der Waals surface area contributed by atoms with Gasteiger partial charge >= 0.3 is 0 Å². The van der Waals surface area contributed by atoms with Crippen LogP contribution in [0.4, 0.5) is 5.82 Å². The van der Waals surface area contributed by atoms with Crippen molar-refractivity contribution in [2.45, 2.75) is 71.2 Å². The van der Waals surface area contributed by atoms with Crippen LogP contribution in [0.1, 0.15) is 58.2 Å². The van der Waals surface area contributed by atoms with Gasteiger partial charge in [0, 0.05) is 18.8 Å². The number of hydrogen-bond acceptors (Lipinski definition) is 8. The van der Waals surface area contributed by atoms with Gasteiger partial charge < -0.3 is 19.6 Å². The molecule has 0 saturated carbocycles. The number of nitrogens with zero attached hydrogens (tertiary/aromatic N) is 5. The molecule has 1 radical (unpaired) electrons. The molecule has 0 aliphatic rings. The molecule has 10 heteroatoms. The first-order valence-corrected chi connectivity index (χ1v) is 17.4. The number of pyridine rings is 1. The molecule has 5 aromatic rings. The highest BCUT2D eigenvalue weighted by molar-refractivity contribution is 6.99. The van der Waals surface area contributed by atoms with Crippen LogP contribution in [0.5, 0.6) is 5.75 Å². The summed E-state index contributed by atoms with van der Waals surface area (Å²) in [4.78, 5) is 13.4. The van der Waals surface area contributed by atoms with Crippen molar-refractivity contribution in [1.82, 2.24) is 24.7 Å². The average molecular weight is 624 g/mol. The van der Waals surface area contributed by atoms with E-state index in [0.29, 0.717) is 41.5 Å². The molecule has 45 heavy (non-hydrogen) atoms. The second-order valence-corrected chi connectivity index (χ2v) is 16.6. The number of nitrogens with one attached hydrogen (secondary N) is 1. The third kappa shape index (κ3) is 6.93. The lowest BCUT2D eigenvalue weighted by Gasteiger charge is -2.43. The fourth-order valence-electron chi connectivity index (χ4n) is 6.09. The van der Waals surface area contributed by atoms with Gasteiger partial charge in [-0.2, -0.15) is 5.10 Å². The van der Waals surface area contributed by atoms with Crippen molar-refractivity contribution < 1.29 is 14.3 Å². The Morgan fingerprint density at radius 3 is 2.27 bits per heavy atom. The molecule has 2 aromatic carbocycles. The quantitative estimate of drug-likeness (QED) is 0.164. The smallest absolute Gasteiger partial charge is 0.261 e. The standard InChI is InChI=1S/C35H43N6O3Si/c1-6-13-27(18-19-44-45(35(2,3)4,28-14-9-7-10-15-28)29-16-11-8-12-17-29)40-34-33-30(37-25-38-34)22-39-41(33)23-31-32(43-5)20-26(24-42)21-36-31/h7-12,14-17,20-22,27,42H,6,13,18-19,23-24H2,1-5H3,(H,37,38,40)/t27-/m0/s1. The topological polar surface area (TPSA) is 107 Å². The lowest BCUT2D eigenvalue weighted by atomic mass is 10.1. The Hall–Kier alpha value is -4.12. The van der Waals surface area contributed by atoms with Gasteiger partial charge in [-0.15, -0.1) is 0 Å². The van der Waals surface area contributed by atoms with Gasteiger partial charge in [-0.1, -0.05) is 94.8 Å². The number of aromatic nitrogens is 5. The average Bonchev–Trinajstić information content (AvgIpc) is 3.47. The summed E-state index contributed by atoms with van der Waals surface area (Å²) >= 11 is 0. The van der Waals surface area contributed by atoms with E-state index in [1.807, 2.05) is 4.68 Å². The Labute approximate surface area is 266 Å². The van der Waals surface area contributed by atoms with Gasteiger partial charge in [0.25, 0.3) is 8.32 Å². The van der Waals surface area contributed by atoms with Crippen LogP contribution in [0.15, 0.2) is 79.1 Å². The molecule has 3 aromatic heterocycles. The van der Waals surface area contributed by atoms with Crippen LogP contribution in [0, 0.1) is 6.33 Å². The lowest BCUT2D eigenvalue weighted by Crippen LogP contribution is -2.66. The van der Waals surface area contributed by atoms with Crippen molar-refractivity contribution in [2.24, 2.45) is 0 Å². The maximum Gasteiger partial charge on any atom is 0.261 e. The largest absolute Gasteiger partial charge is 0.495 e. The Balaban J connectivity index is 1.41. The van der Waals surface area contributed by atoms with Crippen molar-refractivity contribution in [3.8, 4) is 5.75 Å². The van der Waals surface area contributed by atoms with E-state index in [1.54, 1.807) is 25.6 Å². The molecule has 235 valence electrons. The summed E-state index contributed by atoms with van der Waals surface area (Å²) in [5.74, 6) is 1.26. The second kappa shape index (κ2) is 14.3. The van der Waals surface area contributed by atoms with Crippen LogP contribution in [-0.2, 0) is 17.6 Å². The fraction of sp³-hybridized carbons (Fsp3) is 0.371. The molecular weight excluding hydrogens is 581 g/mol. The van der Waals surface area contributed by atoms with Gasteiger partial charge in [0.1, 0.15) is 22.5 Å². The minimum atomic E-state index is -2.64. The number of fused-ring (bicyclic) bond motifs is 1. The van der Waals surface area contributed by atoms with Crippen LogP contribution in [0.3, 0.4) is 0 Å². The van der Waals surface area contributed by atoms with Crippen LogP contribution >= 0.6 is 0 Å². The molecule has 0 aliphatic heterocycles. The summed E-state index contributed by atoms with van der Waals surface area (Å²) in [7, 11) is -1.05. The zero-order valence-corrected chi connectivity index (χ0v) is 27.8. The molecule has 0 fully saturated rings. The first-order chi connectivity index (χ1) is 21.8. The summed E-state index contributed by atoms with van der Waals surface area (Å²) in [5, 5.41) is 20.3. The number of methoxy groups -OCH3 is 1. The molecular formula is C35H43N6O3Si. The van der Waals surface area contributed by atoms with Crippen LogP contribution < -0.4 is 20.4 Å². The van der Waals surface area contributed by atoms with E-state index in [-0.39, 0.29) is 17.7 Å². The summed E-state index contributed by atoms with van der Waals surface area (Å²) in [6.45, 7) is 9.95. The van der Waals surface area contributed by atoms with Crippen molar-refractivity contribution >= 4 is 35.5 Å². The van der Waals surface area contributed by atoms with Crippen molar-refractivity contribution in [3.63, 3.8) is 0 Å². The third-order valence-electron chi connectivity index (χ3n) is 8.25. The van der Waals surface area contributed by atoms with Crippen molar-refractivity contribution in [3.05, 3.63) is 96.7 Å². The summed E-state index contributed by atoms with van der Waals surface area (Å²) in [6, 6.07) is 23.4. The number of anilines is 1. The predicted molar refractivity (Wildman–Crippen MR) is 180 cm³/mol. The van der Waals surface area contributed by atoms with Crippen molar-refractivity contribution in [1.29, 1.82) is 0 Å². The van der Waals surface area contributed by atoms with Gasteiger partial charge in [-0.3, -0.25) is 9.67 Å². The maximum atomic E-state index is 9.52. The monoisotopic (exact) mass is 623 g/mol. The first-order valence-electron chi connectivity index (χ1n) is 15.5. The van der Waals surface area contributed by atoms with E-state index in [4.69, 9.17) is 9.16 Å². The molecule has 1 atom stereocenters. The van der Waals surface area contributed by atoms with E-state index in [1.165, 1.54) is 10.4 Å². The number of hydrogen-bond donors (Lipinski definition) is 2. The van der Waals surface area contributed by atoms with Crippen LogP contribution in [0.2, 0.25) is 5.04 Å². The number of rotatable bonds is 14. The Morgan fingerprint density at radius 2 is 1.67 bits per heavy atom. The molecule has 9 nitrogen and oxygen atoms in total. The number of aliphatic hydroxyl groups is 1. The number of benzene rings is 2. The second-order valence-electron chi connectivity index (χ2n) is 12.3. The van der Waals surface area contributed by atoms with E-state index < -0.39 is 8.32 Å².